The quantitative estimate of drug-likeness (QED) is 0.879. The van der Waals surface area contributed by atoms with E-state index in [1.165, 1.54) is 6.07 Å². The summed E-state index contributed by atoms with van der Waals surface area (Å²) in [4.78, 5) is 23.6. The second-order valence-electron chi connectivity index (χ2n) is 4.46. The fraction of sp³-hybridized carbons (Fsp3) is 0.125. The summed E-state index contributed by atoms with van der Waals surface area (Å²) in [5.41, 5.74) is 1.80. The second kappa shape index (κ2) is 6.54. The van der Waals surface area contributed by atoms with Crippen LogP contribution < -0.4 is 5.32 Å². The van der Waals surface area contributed by atoms with Gasteiger partial charge in [0.25, 0.3) is 5.91 Å². The normalized spacial score (nSPS) is 10.2. The third kappa shape index (κ3) is 3.49. The SMILES string of the molecule is CCc1ccccc1C(=O)Nc1ccc(Br)cc1C(=O)O. The number of carboxylic acids is 1. The maximum Gasteiger partial charge on any atom is 0.337 e. The van der Waals surface area contributed by atoms with Crippen molar-refractivity contribution in [2.45, 2.75) is 13.3 Å². The maximum atomic E-state index is 12.3. The highest BCUT2D eigenvalue weighted by Crippen LogP contribution is 2.22. The van der Waals surface area contributed by atoms with Gasteiger partial charge in [0.05, 0.1) is 11.3 Å². The summed E-state index contributed by atoms with van der Waals surface area (Å²) >= 11 is 3.22. The minimum absolute atomic E-state index is 0.0479. The lowest BCUT2D eigenvalue weighted by atomic mass is 10.0. The van der Waals surface area contributed by atoms with Crippen molar-refractivity contribution in [3.8, 4) is 0 Å². The summed E-state index contributed by atoms with van der Waals surface area (Å²) < 4.78 is 0.645. The summed E-state index contributed by atoms with van der Waals surface area (Å²) in [5.74, 6) is -1.40. The van der Waals surface area contributed by atoms with E-state index in [0.29, 0.717) is 10.0 Å². The van der Waals surface area contributed by atoms with Crippen LogP contribution in [0.3, 0.4) is 0 Å². The minimum atomic E-state index is -1.09. The Kier molecular flexibility index (Phi) is 4.75. The molecule has 0 bridgehead atoms. The molecule has 0 saturated carbocycles. The Morgan fingerprint density at radius 2 is 1.86 bits per heavy atom. The molecule has 0 aliphatic rings. The van der Waals surface area contributed by atoms with Gasteiger partial charge in [-0.3, -0.25) is 4.79 Å². The molecule has 2 aromatic carbocycles. The van der Waals surface area contributed by atoms with Gasteiger partial charge in [0, 0.05) is 10.0 Å². The summed E-state index contributed by atoms with van der Waals surface area (Å²) in [6, 6.07) is 12.0. The minimum Gasteiger partial charge on any atom is -0.478 e. The van der Waals surface area contributed by atoms with E-state index in [0.717, 1.165) is 12.0 Å². The van der Waals surface area contributed by atoms with Crippen molar-refractivity contribution >= 4 is 33.5 Å². The zero-order chi connectivity index (χ0) is 15.4. The Morgan fingerprint density at radius 1 is 1.14 bits per heavy atom. The number of hydrogen-bond donors (Lipinski definition) is 2. The molecule has 2 rings (SSSR count). The average Bonchev–Trinajstić information content (AvgIpc) is 2.48. The Labute approximate surface area is 130 Å². The van der Waals surface area contributed by atoms with E-state index in [9.17, 15) is 14.7 Å². The van der Waals surface area contributed by atoms with Gasteiger partial charge in [-0.25, -0.2) is 4.79 Å². The van der Waals surface area contributed by atoms with E-state index in [4.69, 9.17) is 0 Å². The number of carbonyl (C=O) groups excluding carboxylic acids is 1. The van der Waals surface area contributed by atoms with Crippen LogP contribution in [0.25, 0.3) is 0 Å². The predicted octanol–water partition coefficient (Wildman–Crippen LogP) is 3.96. The molecule has 5 heteroatoms. The van der Waals surface area contributed by atoms with Gasteiger partial charge in [-0.15, -0.1) is 0 Å². The number of carboxylic acid groups (broad SMARTS) is 1. The van der Waals surface area contributed by atoms with Crippen LogP contribution in [0.1, 0.15) is 33.2 Å². The zero-order valence-corrected chi connectivity index (χ0v) is 13.0. The lowest BCUT2D eigenvalue weighted by Gasteiger charge is -2.11. The number of amides is 1. The first-order valence-corrected chi connectivity index (χ1v) is 7.24. The van der Waals surface area contributed by atoms with Crippen LogP contribution in [-0.4, -0.2) is 17.0 Å². The molecule has 0 aliphatic carbocycles. The van der Waals surface area contributed by atoms with E-state index in [1.807, 2.05) is 19.1 Å². The van der Waals surface area contributed by atoms with Crippen molar-refractivity contribution < 1.29 is 14.7 Å². The number of benzene rings is 2. The van der Waals surface area contributed by atoms with E-state index in [1.54, 1.807) is 24.3 Å². The number of nitrogens with one attached hydrogen (secondary N) is 1. The molecule has 0 aromatic heterocycles. The van der Waals surface area contributed by atoms with Crippen molar-refractivity contribution in [2.24, 2.45) is 0 Å². The van der Waals surface area contributed by atoms with Gasteiger partial charge < -0.3 is 10.4 Å². The third-order valence-corrected chi connectivity index (χ3v) is 3.60. The molecule has 21 heavy (non-hydrogen) atoms. The third-order valence-electron chi connectivity index (χ3n) is 3.10. The van der Waals surface area contributed by atoms with E-state index in [2.05, 4.69) is 21.2 Å². The molecule has 0 radical (unpaired) electrons. The number of carbonyl (C=O) groups is 2. The van der Waals surface area contributed by atoms with Gasteiger partial charge >= 0.3 is 5.97 Å². The summed E-state index contributed by atoms with van der Waals surface area (Å²) in [5, 5.41) is 11.9. The first-order chi connectivity index (χ1) is 10.0. The maximum absolute atomic E-state index is 12.3. The highest BCUT2D eigenvalue weighted by molar-refractivity contribution is 9.10. The Bertz CT molecular complexity index is 698. The Hall–Kier alpha value is -2.14. The molecule has 0 spiro atoms. The van der Waals surface area contributed by atoms with Crippen LogP contribution in [0, 0.1) is 0 Å². The highest BCUT2D eigenvalue weighted by Gasteiger charge is 2.15. The molecule has 0 saturated heterocycles. The number of aromatic carboxylic acids is 1. The summed E-state index contributed by atoms with van der Waals surface area (Å²) in [6.07, 6.45) is 0.732. The average molecular weight is 348 g/mol. The monoisotopic (exact) mass is 347 g/mol. The van der Waals surface area contributed by atoms with Crippen LogP contribution in [0.2, 0.25) is 0 Å². The van der Waals surface area contributed by atoms with Crippen molar-refractivity contribution in [1.82, 2.24) is 0 Å². The lowest BCUT2D eigenvalue weighted by Crippen LogP contribution is -2.16. The Morgan fingerprint density at radius 3 is 2.52 bits per heavy atom. The zero-order valence-electron chi connectivity index (χ0n) is 11.4. The van der Waals surface area contributed by atoms with Crippen LogP contribution in [0.4, 0.5) is 5.69 Å². The molecule has 0 unspecified atom stereocenters. The second-order valence-corrected chi connectivity index (χ2v) is 5.38. The van der Waals surface area contributed by atoms with E-state index >= 15 is 0 Å². The van der Waals surface area contributed by atoms with Gasteiger partial charge in [0.1, 0.15) is 0 Å². The number of anilines is 1. The van der Waals surface area contributed by atoms with Crippen molar-refractivity contribution in [3.05, 3.63) is 63.6 Å². The lowest BCUT2D eigenvalue weighted by molar-refractivity contribution is 0.0698. The van der Waals surface area contributed by atoms with E-state index in [-0.39, 0.29) is 17.2 Å². The first kappa shape index (κ1) is 15.3. The van der Waals surface area contributed by atoms with Gasteiger partial charge in [0.2, 0.25) is 0 Å². The van der Waals surface area contributed by atoms with Crippen LogP contribution in [-0.2, 0) is 6.42 Å². The van der Waals surface area contributed by atoms with E-state index < -0.39 is 5.97 Å². The molecule has 0 atom stereocenters. The smallest absolute Gasteiger partial charge is 0.337 e. The summed E-state index contributed by atoms with van der Waals surface area (Å²) in [7, 11) is 0. The molecular formula is C16H14BrNO3. The number of aryl methyl sites for hydroxylation is 1. The molecule has 0 aliphatic heterocycles. The fourth-order valence-electron chi connectivity index (χ4n) is 2.04. The standard InChI is InChI=1S/C16H14BrNO3/c1-2-10-5-3-4-6-12(10)15(19)18-14-8-7-11(17)9-13(14)16(20)21/h3-9H,2H2,1H3,(H,18,19)(H,20,21). The van der Waals surface area contributed by atoms with Gasteiger partial charge in [-0.05, 0) is 36.2 Å². The van der Waals surface area contributed by atoms with Gasteiger partial charge in [-0.1, -0.05) is 41.1 Å². The van der Waals surface area contributed by atoms with Gasteiger partial charge in [-0.2, -0.15) is 0 Å². The number of hydrogen-bond acceptors (Lipinski definition) is 2. The van der Waals surface area contributed by atoms with Crippen molar-refractivity contribution in [2.75, 3.05) is 5.32 Å². The number of rotatable bonds is 4. The van der Waals surface area contributed by atoms with Crippen molar-refractivity contribution in [1.29, 1.82) is 0 Å². The van der Waals surface area contributed by atoms with Gasteiger partial charge in [0.15, 0.2) is 0 Å². The summed E-state index contributed by atoms with van der Waals surface area (Å²) in [6.45, 7) is 1.97. The molecule has 1 amide bonds. The van der Waals surface area contributed by atoms with Crippen LogP contribution >= 0.6 is 15.9 Å². The molecule has 108 valence electrons. The largest absolute Gasteiger partial charge is 0.478 e. The van der Waals surface area contributed by atoms with Crippen molar-refractivity contribution in [3.63, 3.8) is 0 Å². The topological polar surface area (TPSA) is 66.4 Å². The first-order valence-electron chi connectivity index (χ1n) is 6.45. The van der Waals surface area contributed by atoms with Crippen LogP contribution in [0.5, 0.6) is 0 Å². The number of halogens is 1. The predicted molar refractivity (Wildman–Crippen MR) is 84.9 cm³/mol. The Balaban J connectivity index is 2.34. The van der Waals surface area contributed by atoms with Crippen LogP contribution in [0.15, 0.2) is 46.9 Å². The molecule has 2 aromatic rings. The molecule has 0 fully saturated rings. The molecular weight excluding hydrogens is 334 g/mol. The molecule has 2 N–H and O–H groups in total. The fourth-order valence-corrected chi connectivity index (χ4v) is 2.40. The molecule has 0 heterocycles. The highest BCUT2D eigenvalue weighted by atomic mass is 79.9. The molecule has 4 nitrogen and oxygen atoms in total.